The van der Waals surface area contributed by atoms with Crippen molar-refractivity contribution in [1.29, 1.82) is 0 Å². The molecule has 0 aliphatic carbocycles. The average molecular weight is 372 g/mol. The lowest BCUT2D eigenvalue weighted by Crippen LogP contribution is -2.17. The molecule has 25 heavy (non-hydrogen) atoms. The lowest BCUT2D eigenvalue weighted by atomic mass is 10.2. The minimum absolute atomic E-state index is 0.0219. The van der Waals surface area contributed by atoms with Crippen LogP contribution in [-0.2, 0) is 19.1 Å². The number of anilines is 1. The van der Waals surface area contributed by atoms with Crippen LogP contribution in [0.25, 0.3) is 4.96 Å². The van der Waals surface area contributed by atoms with Crippen LogP contribution in [0, 0.1) is 5.82 Å². The normalized spacial score (nSPS) is 11.9. The number of benzene rings is 1. The quantitative estimate of drug-likeness (QED) is 0.713. The summed E-state index contributed by atoms with van der Waals surface area (Å²) < 4.78 is 52.6. The number of rotatable bonds is 4. The third-order valence-electron chi connectivity index (χ3n) is 3.39. The Labute approximate surface area is 142 Å². The van der Waals surface area contributed by atoms with Gasteiger partial charge in [0.05, 0.1) is 17.8 Å². The largest absolute Gasteiger partial charge is 0.419 e. The fourth-order valence-corrected chi connectivity index (χ4v) is 3.03. The minimum atomic E-state index is -4.78. The first kappa shape index (κ1) is 17.3. The van der Waals surface area contributed by atoms with E-state index in [0.717, 1.165) is 11.1 Å². The van der Waals surface area contributed by atoms with Crippen molar-refractivity contribution < 1.29 is 17.6 Å². The van der Waals surface area contributed by atoms with Gasteiger partial charge >= 0.3 is 6.18 Å². The molecule has 0 atom stereocenters. The lowest BCUT2D eigenvalue weighted by molar-refractivity contribution is -0.139. The number of halogens is 4. The molecule has 0 spiro atoms. The fourth-order valence-electron chi connectivity index (χ4n) is 2.17. The Morgan fingerprint density at radius 2 is 2.04 bits per heavy atom. The Morgan fingerprint density at radius 1 is 1.28 bits per heavy atom. The molecule has 10 heteroatoms. The monoisotopic (exact) mass is 372 g/mol. The van der Waals surface area contributed by atoms with Crippen molar-refractivity contribution in [3.63, 3.8) is 0 Å². The van der Waals surface area contributed by atoms with E-state index in [-0.39, 0.29) is 17.8 Å². The molecule has 0 fully saturated rings. The van der Waals surface area contributed by atoms with Crippen LogP contribution >= 0.6 is 11.3 Å². The zero-order chi connectivity index (χ0) is 18.2. The van der Waals surface area contributed by atoms with Crippen molar-refractivity contribution in [2.24, 2.45) is 0 Å². The zero-order valence-corrected chi connectivity index (χ0v) is 13.7. The molecule has 3 aromatic rings. The third kappa shape index (κ3) is 3.63. The first-order valence-electron chi connectivity index (χ1n) is 7.27. The Bertz CT molecular complexity index is 980. The number of hydrogen-bond acceptors (Lipinski definition) is 5. The summed E-state index contributed by atoms with van der Waals surface area (Å²) in [5, 5.41) is 7.58. The van der Waals surface area contributed by atoms with Crippen molar-refractivity contribution >= 4 is 22.0 Å². The molecule has 0 saturated heterocycles. The van der Waals surface area contributed by atoms with Gasteiger partial charge in [-0.1, -0.05) is 18.3 Å². The van der Waals surface area contributed by atoms with E-state index in [4.69, 9.17) is 0 Å². The van der Waals surface area contributed by atoms with E-state index in [1.165, 1.54) is 28.0 Å². The van der Waals surface area contributed by atoms with E-state index in [1.54, 1.807) is 0 Å². The summed E-state index contributed by atoms with van der Waals surface area (Å²) in [6.45, 7) is 1.92. The molecule has 2 aromatic heterocycles. The van der Waals surface area contributed by atoms with E-state index >= 15 is 0 Å². The van der Waals surface area contributed by atoms with Crippen molar-refractivity contribution in [2.75, 3.05) is 5.32 Å². The predicted octanol–water partition coefficient (Wildman–Crippen LogP) is 3.48. The molecule has 3 rings (SSSR count). The maximum atomic E-state index is 13.3. The summed E-state index contributed by atoms with van der Waals surface area (Å²) in [5.41, 5.74) is -1.28. The summed E-state index contributed by atoms with van der Waals surface area (Å²) in [7, 11) is 0. The van der Waals surface area contributed by atoms with E-state index in [9.17, 15) is 22.4 Å². The van der Waals surface area contributed by atoms with Gasteiger partial charge < -0.3 is 5.32 Å². The molecular weight excluding hydrogens is 360 g/mol. The molecule has 0 aliphatic heterocycles. The first-order valence-corrected chi connectivity index (χ1v) is 8.09. The molecule has 0 saturated carbocycles. The van der Waals surface area contributed by atoms with Crippen LogP contribution in [0.1, 0.15) is 23.2 Å². The second-order valence-electron chi connectivity index (χ2n) is 5.18. The number of hydrogen-bond donors (Lipinski definition) is 1. The van der Waals surface area contributed by atoms with Crippen molar-refractivity contribution in [3.05, 3.63) is 56.7 Å². The van der Waals surface area contributed by atoms with Crippen LogP contribution in [0.5, 0.6) is 0 Å². The van der Waals surface area contributed by atoms with Gasteiger partial charge in [-0.25, -0.2) is 9.37 Å². The molecule has 132 valence electrons. The van der Waals surface area contributed by atoms with E-state index in [2.05, 4.69) is 15.4 Å². The van der Waals surface area contributed by atoms with Crippen LogP contribution in [-0.4, -0.2) is 14.6 Å². The Morgan fingerprint density at radius 3 is 2.72 bits per heavy atom. The number of alkyl halides is 3. The van der Waals surface area contributed by atoms with Crippen molar-refractivity contribution in [3.8, 4) is 0 Å². The molecule has 1 aromatic carbocycles. The summed E-state index contributed by atoms with van der Waals surface area (Å²) in [6, 6.07) is 3.88. The molecule has 5 nitrogen and oxygen atoms in total. The van der Waals surface area contributed by atoms with Gasteiger partial charge in [0.15, 0.2) is 0 Å². The molecule has 0 bridgehead atoms. The number of aromatic nitrogens is 3. The van der Waals surface area contributed by atoms with Gasteiger partial charge in [0.1, 0.15) is 10.8 Å². The highest BCUT2D eigenvalue weighted by Gasteiger charge is 2.34. The Balaban J connectivity index is 1.84. The Kier molecular flexibility index (Phi) is 4.46. The highest BCUT2D eigenvalue weighted by atomic mass is 32.1. The molecule has 0 amide bonds. The predicted molar refractivity (Wildman–Crippen MR) is 85.2 cm³/mol. The topological polar surface area (TPSA) is 59.3 Å². The summed E-state index contributed by atoms with van der Waals surface area (Å²) in [4.78, 5) is 16.7. The lowest BCUT2D eigenvalue weighted by Gasteiger charge is -2.11. The first-order chi connectivity index (χ1) is 11.8. The molecular formula is C15H12F4N4OS. The minimum Gasteiger partial charge on any atom is -0.379 e. The van der Waals surface area contributed by atoms with Gasteiger partial charge in [0.25, 0.3) is 5.56 Å². The van der Waals surface area contributed by atoms with Gasteiger partial charge in [0, 0.05) is 11.8 Å². The maximum Gasteiger partial charge on any atom is 0.419 e. The van der Waals surface area contributed by atoms with Crippen LogP contribution in [0.4, 0.5) is 23.2 Å². The highest BCUT2D eigenvalue weighted by molar-refractivity contribution is 7.16. The molecule has 0 radical (unpaired) electrons. The third-order valence-corrected chi connectivity index (χ3v) is 4.44. The smallest absolute Gasteiger partial charge is 0.379 e. The van der Waals surface area contributed by atoms with Gasteiger partial charge in [-0.3, -0.25) is 4.79 Å². The zero-order valence-electron chi connectivity index (χ0n) is 12.9. The molecule has 0 unspecified atom stereocenters. The molecule has 0 aliphatic rings. The van der Waals surface area contributed by atoms with Crippen LogP contribution in [0.15, 0.2) is 29.1 Å². The summed E-state index contributed by atoms with van der Waals surface area (Å²) in [6.07, 6.45) is -4.12. The fraction of sp³-hybridized carbons (Fsp3) is 0.267. The number of fused-ring (bicyclic) bond motifs is 1. The second-order valence-corrected chi connectivity index (χ2v) is 6.22. The average Bonchev–Trinajstić information content (AvgIpc) is 2.97. The van der Waals surface area contributed by atoms with Gasteiger partial charge in [0.2, 0.25) is 4.96 Å². The number of nitrogens with zero attached hydrogens (tertiary/aromatic N) is 3. The van der Waals surface area contributed by atoms with Gasteiger partial charge in [-0.15, -0.1) is 0 Å². The van der Waals surface area contributed by atoms with E-state index in [1.807, 2.05) is 6.92 Å². The highest BCUT2D eigenvalue weighted by Crippen LogP contribution is 2.33. The van der Waals surface area contributed by atoms with Crippen LogP contribution in [0.2, 0.25) is 0 Å². The van der Waals surface area contributed by atoms with Crippen LogP contribution in [0.3, 0.4) is 0 Å². The second kappa shape index (κ2) is 6.43. The molecule has 1 N–H and O–H groups in total. The van der Waals surface area contributed by atoms with Crippen LogP contribution < -0.4 is 10.9 Å². The molecule has 2 heterocycles. The summed E-state index contributed by atoms with van der Waals surface area (Å²) >= 11 is 1.27. The van der Waals surface area contributed by atoms with Gasteiger partial charge in [-0.2, -0.15) is 22.8 Å². The Hall–Kier alpha value is -2.49. The summed E-state index contributed by atoms with van der Waals surface area (Å²) in [5.74, 6) is -1.34. The number of aryl methyl sites for hydroxylation is 1. The number of nitrogens with one attached hydrogen (secondary N) is 1. The standard InChI is InChI=1S/C15H12F4N4OS/c1-2-12-22-23-13(24)6-9(21-14(23)25-12)7-20-8-3-4-11(16)10(5-8)15(17,18)19/h3-6,20H,2,7H2,1H3. The van der Waals surface area contributed by atoms with E-state index < -0.39 is 17.6 Å². The van der Waals surface area contributed by atoms with Crippen molar-refractivity contribution in [2.45, 2.75) is 26.1 Å². The maximum absolute atomic E-state index is 13.3. The van der Waals surface area contributed by atoms with Gasteiger partial charge in [-0.05, 0) is 24.6 Å². The van der Waals surface area contributed by atoms with Crippen molar-refractivity contribution in [1.82, 2.24) is 14.6 Å². The SMILES string of the molecule is CCc1nn2c(=O)cc(CNc3ccc(F)c(C(F)(F)F)c3)nc2s1. The van der Waals surface area contributed by atoms with E-state index in [0.29, 0.717) is 23.1 Å².